The quantitative estimate of drug-likeness (QED) is 0.478. The van der Waals surface area contributed by atoms with Gasteiger partial charge in [0.15, 0.2) is 6.10 Å². The highest BCUT2D eigenvalue weighted by atomic mass is 19.1. The van der Waals surface area contributed by atoms with Crippen molar-refractivity contribution in [1.29, 1.82) is 0 Å². The Morgan fingerprint density at radius 1 is 1.03 bits per heavy atom. The first-order valence-corrected chi connectivity index (χ1v) is 11.8. The Morgan fingerprint density at radius 3 is 2.49 bits per heavy atom. The van der Waals surface area contributed by atoms with E-state index in [1.165, 1.54) is 30.3 Å². The van der Waals surface area contributed by atoms with Crippen LogP contribution in [0.5, 0.6) is 5.75 Å². The number of amides is 2. The van der Waals surface area contributed by atoms with Crippen molar-refractivity contribution in [1.82, 2.24) is 4.90 Å². The van der Waals surface area contributed by atoms with Gasteiger partial charge in [0.1, 0.15) is 17.4 Å². The van der Waals surface area contributed by atoms with Gasteiger partial charge in [0.2, 0.25) is 5.91 Å². The fraction of sp³-hybridized carbons (Fsp3) is 0.286. The topological polar surface area (TPSA) is 58.6 Å². The highest BCUT2D eigenvalue weighted by Gasteiger charge is 2.32. The second kappa shape index (κ2) is 10.7. The molecule has 0 aromatic heterocycles. The van der Waals surface area contributed by atoms with Gasteiger partial charge in [-0.2, -0.15) is 0 Å². The third-order valence-corrected chi connectivity index (χ3v) is 6.19. The van der Waals surface area contributed by atoms with Gasteiger partial charge >= 0.3 is 0 Å². The lowest BCUT2D eigenvalue weighted by Crippen LogP contribution is -2.40. The highest BCUT2D eigenvalue weighted by molar-refractivity contribution is 5.94. The SMILES string of the molecule is CCC(=O)N1CCc2ccc(OC(CC)C(=O)Nc3cccc(F)c3)cc2C1c1ccc(F)cc1. The molecule has 3 aromatic rings. The van der Waals surface area contributed by atoms with E-state index in [0.717, 1.165) is 16.7 Å². The maximum atomic E-state index is 13.6. The molecule has 2 atom stereocenters. The monoisotopic (exact) mass is 478 g/mol. The summed E-state index contributed by atoms with van der Waals surface area (Å²) in [5, 5.41) is 2.69. The second-order valence-electron chi connectivity index (χ2n) is 8.52. The Hall–Kier alpha value is -3.74. The summed E-state index contributed by atoms with van der Waals surface area (Å²) in [6.45, 7) is 4.22. The largest absolute Gasteiger partial charge is 0.481 e. The van der Waals surface area contributed by atoms with Gasteiger partial charge in [-0.05, 0) is 72.0 Å². The van der Waals surface area contributed by atoms with Crippen LogP contribution in [0, 0.1) is 11.6 Å². The smallest absolute Gasteiger partial charge is 0.265 e. The molecule has 2 unspecified atom stereocenters. The second-order valence-corrected chi connectivity index (χ2v) is 8.52. The van der Waals surface area contributed by atoms with Gasteiger partial charge in [0, 0.05) is 18.7 Å². The van der Waals surface area contributed by atoms with Crippen molar-refractivity contribution in [3.63, 3.8) is 0 Å². The van der Waals surface area contributed by atoms with Gasteiger partial charge in [-0.1, -0.05) is 38.1 Å². The van der Waals surface area contributed by atoms with Crippen molar-refractivity contribution in [2.24, 2.45) is 0 Å². The summed E-state index contributed by atoms with van der Waals surface area (Å²) in [4.78, 5) is 27.4. The number of benzene rings is 3. The summed E-state index contributed by atoms with van der Waals surface area (Å²) >= 11 is 0. The lowest BCUT2D eigenvalue weighted by Gasteiger charge is -2.38. The van der Waals surface area contributed by atoms with Gasteiger partial charge in [-0.25, -0.2) is 8.78 Å². The number of ether oxygens (including phenoxy) is 1. The van der Waals surface area contributed by atoms with Crippen LogP contribution in [0.3, 0.4) is 0 Å². The lowest BCUT2D eigenvalue weighted by atomic mass is 9.87. The number of nitrogens with one attached hydrogen (secondary N) is 1. The first kappa shape index (κ1) is 24.4. The average Bonchev–Trinajstić information content (AvgIpc) is 2.86. The molecular formula is C28H28F2N2O3. The molecule has 0 saturated heterocycles. The van der Waals surface area contributed by atoms with Crippen molar-refractivity contribution in [2.75, 3.05) is 11.9 Å². The third-order valence-electron chi connectivity index (χ3n) is 6.19. The van der Waals surface area contributed by atoms with Gasteiger partial charge in [-0.3, -0.25) is 9.59 Å². The van der Waals surface area contributed by atoms with Crippen LogP contribution in [0.2, 0.25) is 0 Å². The van der Waals surface area contributed by atoms with Crippen molar-refractivity contribution in [3.8, 4) is 5.75 Å². The number of fused-ring (bicyclic) bond motifs is 1. The Labute approximate surface area is 203 Å². The van der Waals surface area contributed by atoms with Crippen LogP contribution in [-0.4, -0.2) is 29.4 Å². The van der Waals surface area contributed by atoms with E-state index in [1.54, 1.807) is 18.2 Å². The summed E-state index contributed by atoms with van der Waals surface area (Å²) in [5.74, 6) is -0.663. The lowest BCUT2D eigenvalue weighted by molar-refractivity contribution is -0.133. The van der Waals surface area contributed by atoms with E-state index in [0.29, 0.717) is 37.2 Å². The van der Waals surface area contributed by atoms with Gasteiger partial charge in [0.25, 0.3) is 5.91 Å². The molecule has 1 N–H and O–H groups in total. The summed E-state index contributed by atoms with van der Waals surface area (Å²) < 4.78 is 33.2. The fourth-order valence-corrected chi connectivity index (χ4v) is 4.42. The molecule has 4 rings (SSSR count). The van der Waals surface area contributed by atoms with E-state index in [1.807, 2.05) is 36.9 Å². The minimum absolute atomic E-state index is 0.0113. The number of carbonyl (C=O) groups excluding carboxylic acids is 2. The molecule has 2 amide bonds. The molecule has 1 aliphatic heterocycles. The maximum Gasteiger partial charge on any atom is 0.265 e. The zero-order valence-electron chi connectivity index (χ0n) is 19.8. The molecule has 5 nitrogen and oxygen atoms in total. The van der Waals surface area contributed by atoms with Crippen molar-refractivity contribution < 1.29 is 23.1 Å². The van der Waals surface area contributed by atoms with Crippen molar-refractivity contribution >= 4 is 17.5 Å². The van der Waals surface area contributed by atoms with Crippen LogP contribution >= 0.6 is 0 Å². The van der Waals surface area contributed by atoms with Crippen LogP contribution in [0.15, 0.2) is 66.7 Å². The normalized spacial score (nSPS) is 15.8. The Bertz CT molecular complexity index is 1210. The summed E-state index contributed by atoms with van der Waals surface area (Å²) in [5.41, 5.74) is 3.13. The zero-order chi connectivity index (χ0) is 24.9. The average molecular weight is 479 g/mol. The minimum atomic E-state index is -0.794. The van der Waals surface area contributed by atoms with Gasteiger partial charge in [0.05, 0.1) is 6.04 Å². The van der Waals surface area contributed by atoms with Crippen LogP contribution in [0.1, 0.15) is 49.4 Å². The number of rotatable bonds is 7. The maximum absolute atomic E-state index is 13.6. The van der Waals surface area contributed by atoms with E-state index in [4.69, 9.17) is 4.74 Å². The molecular weight excluding hydrogens is 450 g/mol. The predicted octanol–water partition coefficient (Wildman–Crippen LogP) is 5.65. The van der Waals surface area contributed by atoms with Crippen LogP contribution < -0.4 is 10.1 Å². The van der Waals surface area contributed by atoms with Gasteiger partial charge < -0.3 is 15.0 Å². The molecule has 1 aliphatic rings. The first-order valence-electron chi connectivity index (χ1n) is 11.8. The summed E-state index contributed by atoms with van der Waals surface area (Å²) in [7, 11) is 0. The fourth-order valence-electron chi connectivity index (χ4n) is 4.42. The number of anilines is 1. The molecule has 35 heavy (non-hydrogen) atoms. The molecule has 7 heteroatoms. The Kier molecular flexibility index (Phi) is 7.44. The van der Waals surface area contributed by atoms with Crippen LogP contribution in [0.4, 0.5) is 14.5 Å². The molecule has 0 bridgehead atoms. The predicted molar refractivity (Wildman–Crippen MR) is 130 cm³/mol. The summed E-state index contributed by atoms with van der Waals surface area (Å²) in [6, 6.07) is 17.1. The molecule has 0 spiro atoms. The molecule has 0 saturated carbocycles. The third kappa shape index (κ3) is 5.50. The van der Waals surface area contributed by atoms with E-state index >= 15 is 0 Å². The van der Waals surface area contributed by atoms with E-state index < -0.39 is 11.9 Å². The number of hydrogen-bond donors (Lipinski definition) is 1. The number of hydrogen-bond acceptors (Lipinski definition) is 3. The van der Waals surface area contributed by atoms with E-state index in [2.05, 4.69) is 5.32 Å². The van der Waals surface area contributed by atoms with Crippen molar-refractivity contribution in [2.45, 2.75) is 45.3 Å². The molecule has 0 aliphatic carbocycles. The number of carbonyl (C=O) groups is 2. The first-order chi connectivity index (χ1) is 16.9. The van der Waals surface area contributed by atoms with Crippen LogP contribution in [-0.2, 0) is 16.0 Å². The van der Waals surface area contributed by atoms with E-state index in [9.17, 15) is 18.4 Å². The number of nitrogens with zero attached hydrogens (tertiary/aromatic N) is 1. The highest BCUT2D eigenvalue weighted by Crippen LogP contribution is 2.38. The van der Waals surface area contributed by atoms with E-state index in [-0.39, 0.29) is 23.7 Å². The Morgan fingerprint density at radius 2 is 1.80 bits per heavy atom. The molecule has 0 fully saturated rings. The minimum Gasteiger partial charge on any atom is -0.481 e. The number of halogens is 2. The zero-order valence-corrected chi connectivity index (χ0v) is 19.8. The van der Waals surface area contributed by atoms with Crippen molar-refractivity contribution in [3.05, 3.63) is 95.1 Å². The van der Waals surface area contributed by atoms with Gasteiger partial charge in [-0.15, -0.1) is 0 Å². The molecule has 0 radical (unpaired) electrons. The molecule has 3 aromatic carbocycles. The van der Waals surface area contributed by atoms with Crippen LogP contribution in [0.25, 0.3) is 0 Å². The molecule has 182 valence electrons. The standard InChI is InChI=1S/C28H28F2N2O3/c1-3-25(28(34)31-22-7-5-6-21(30)16-22)35-23-13-10-18-14-15-32(26(33)4-2)27(24(18)17-23)19-8-11-20(29)12-9-19/h5-13,16-17,25,27H,3-4,14-15H2,1-2H3,(H,31,34). The Balaban J connectivity index is 1.62. The summed E-state index contributed by atoms with van der Waals surface area (Å²) in [6.07, 6.45) is 0.662. The molecule has 1 heterocycles.